The van der Waals surface area contributed by atoms with Crippen LogP contribution in [0.25, 0.3) is 0 Å². The second kappa shape index (κ2) is 5.65. The molecule has 0 aliphatic heterocycles. The normalized spacial score (nSPS) is 50.8. The number of Topliss-reactive ketones (excluding diaryl/α,β-unsaturated/α-hetero) is 2. The molecule has 0 aromatic heterocycles. The maximum Gasteiger partial charge on any atom is 0.161 e. The first-order valence-corrected chi connectivity index (χ1v) is 10.1. The Labute approximate surface area is 145 Å². The summed E-state index contributed by atoms with van der Waals surface area (Å²) < 4.78 is 0. The Hall–Kier alpha value is -0.700. The maximum atomic E-state index is 12.3. The lowest BCUT2D eigenvalue weighted by Gasteiger charge is -2.60. The molecule has 0 spiro atoms. The minimum atomic E-state index is -0.289. The van der Waals surface area contributed by atoms with Crippen molar-refractivity contribution in [2.24, 2.45) is 40.4 Å². The molecule has 3 nitrogen and oxygen atoms in total. The highest BCUT2D eigenvalue weighted by atomic mass is 16.3. The topological polar surface area (TPSA) is 54.4 Å². The molecule has 4 fully saturated rings. The largest absolute Gasteiger partial charge is 0.389 e. The van der Waals surface area contributed by atoms with E-state index in [-0.39, 0.29) is 23.7 Å². The van der Waals surface area contributed by atoms with Gasteiger partial charge in [-0.2, -0.15) is 0 Å². The van der Waals surface area contributed by atoms with E-state index in [1.54, 1.807) is 0 Å². The van der Waals surface area contributed by atoms with E-state index in [1.165, 1.54) is 19.3 Å². The van der Waals surface area contributed by atoms with Gasteiger partial charge in [0.2, 0.25) is 0 Å². The minimum absolute atomic E-state index is 0.0709. The zero-order valence-corrected chi connectivity index (χ0v) is 15.2. The van der Waals surface area contributed by atoms with Crippen molar-refractivity contribution >= 4 is 11.6 Å². The molecule has 1 N–H and O–H groups in total. The van der Waals surface area contributed by atoms with Gasteiger partial charge in [-0.3, -0.25) is 9.59 Å². The van der Waals surface area contributed by atoms with Crippen molar-refractivity contribution in [1.29, 1.82) is 0 Å². The van der Waals surface area contributed by atoms with Crippen molar-refractivity contribution in [1.82, 2.24) is 0 Å². The lowest BCUT2D eigenvalue weighted by Crippen LogP contribution is -2.54. The van der Waals surface area contributed by atoms with Gasteiger partial charge in [0.25, 0.3) is 0 Å². The first-order chi connectivity index (χ1) is 11.4. The molecule has 7 atom stereocenters. The monoisotopic (exact) mass is 332 g/mol. The van der Waals surface area contributed by atoms with E-state index in [0.29, 0.717) is 23.0 Å². The number of rotatable bonds is 2. The number of carbonyl (C=O) groups excluding carboxylic acids is 2. The number of hydrogen-bond acceptors (Lipinski definition) is 3. The highest BCUT2D eigenvalue weighted by molar-refractivity contribution is 5.83. The van der Waals surface area contributed by atoms with Crippen LogP contribution in [0.3, 0.4) is 0 Å². The van der Waals surface area contributed by atoms with Crippen LogP contribution in [0.2, 0.25) is 0 Å². The molecule has 4 aliphatic rings. The zero-order chi connectivity index (χ0) is 17.1. The molecule has 24 heavy (non-hydrogen) atoms. The van der Waals surface area contributed by atoms with Crippen LogP contribution in [0, 0.1) is 40.4 Å². The second-order valence-corrected chi connectivity index (χ2v) is 9.70. The van der Waals surface area contributed by atoms with E-state index in [2.05, 4.69) is 13.8 Å². The molecule has 0 unspecified atom stereocenters. The molecule has 0 heterocycles. The Morgan fingerprint density at radius 3 is 2.54 bits per heavy atom. The predicted molar refractivity (Wildman–Crippen MR) is 92.3 cm³/mol. The summed E-state index contributed by atoms with van der Waals surface area (Å²) >= 11 is 0. The highest BCUT2D eigenvalue weighted by Crippen LogP contribution is 2.67. The molecule has 0 radical (unpaired) electrons. The van der Waals surface area contributed by atoms with Gasteiger partial charge in [-0.25, -0.2) is 0 Å². The van der Waals surface area contributed by atoms with Crippen molar-refractivity contribution in [3.8, 4) is 0 Å². The molecule has 0 amide bonds. The van der Waals surface area contributed by atoms with Gasteiger partial charge in [0.1, 0.15) is 12.4 Å². The predicted octanol–water partition coefficient (Wildman–Crippen LogP) is 3.78. The summed E-state index contributed by atoms with van der Waals surface area (Å²) in [6, 6.07) is 0. The molecule has 4 saturated carbocycles. The standard InChI is InChI=1S/C21H32O3/c1-20-9-7-14(23)11-13(20)3-4-15-16-5-6-18(19(24)12-22)21(16,2)10-8-17(15)20/h13,15-18,22H,3-12H2,1-2H3/t13-,15+,16+,17+,18-,20-,21+/m0/s1. The Balaban J connectivity index is 1.61. The molecule has 0 saturated heterocycles. The SMILES string of the molecule is C[C@]12CCC(=O)C[C@@H]1CC[C@H]1[C@H]2CC[C@]2(C)[C@@H]1CC[C@H]2C(=O)CO. The van der Waals surface area contributed by atoms with Crippen molar-refractivity contribution in [2.75, 3.05) is 6.61 Å². The molecule has 0 aromatic carbocycles. The zero-order valence-electron chi connectivity index (χ0n) is 15.2. The lowest BCUT2D eigenvalue weighted by molar-refractivity contribution is -0.144. The highest BCUT2D eigenvalue weighted by Gasteiger charge is 2.60. The van der Waals surface area contributed by atoms with Crippen LogP contribution in [0.5, 0.6) is 0 Å². The molecular weight excluding hydrogens is 300 g/mol. The maximum absolute atomic E-state index is 12.3. The molecule has 0 bridgehead atoms. The third-order valence-electron chi connectivity index (χ3n) is 9.03. The number of carbonyl (C=O) groups is 2. The molecular formula is C21H32O3. The van der Waals surface area contributed by atoms with Gasteiger partial charge in [-0.15, -0.1) is 0 Å². The van der Waals surface area contributed by atoms with Crippen molar-refractivity contribution in [2.45, 2.75) is 71.6 Å². The fourth-order valence-electron chi connectivity index (χ4n) is 7.68. The number of aliphatic hydroxyl groups is 1. The van der Waals surface area contributed by atoms with Crippen LogP contribution in [0.4, 0.5) is 0 Å². The van der Waals surface area contributed by atoms with Crippen LogP contribution in [-0.2, 0) is 9.59 Å². The van der Waals surface area contributed by atoms with Crippen LogP contribution >= 0.6 is 0 Å². The second-order valence-electron chi connectivity index (χ2n) is 9.70. The summed E-state index contributed by atoms with van der Waals surface area (Å²) in [7, 11) is 0. The van der Waals surface area contributed by atoms with E-state index < -0.39 is 0 Å². The van der Waals surface area contributed by atoms with Gasteiger partial charge in [0.05, 0.1) is 0 Å². The molecule has 3 heteroatoms. The van der Waals surface area contributed by atoms with Gasteiger partial charge in [0.15, 0.2) is 5.78 Å². The summed E-state index contributed by atoms with van der Waals surface area (Å²) in [6.45, 7) is 4.51. The van der Waals surface area contributed by atoms with Gasteiger partial charge >= 0.3 is 0 Å². The third kappa shape index (κ3) is 2.19. The van der Waals surface area contributed by atoms with E-state index in [1.807, 2.05) is 0 Å². The summed E-state index contributed by atoms with van der Waals surface area (Å²) in [5, 5.41) is 9.37. The van der Waals surface area contributed by atoms with Crippen LogP contribution in [-0.4, -0.2) is 23.3 Å². The average molecular weight is 332 g/mol. The quantitative estimate of drug-likeness (QED) is 0.837. The van der Waals surface area contributed by atoms with Crippen LogP contribution in [0.1, 0.15) is 71.6 Å². The molecule has 134 valence electrons. The molecule has 0 aromatic rings. The van der Waals surface area contributed by atoms with Gasteiger partial charge in [0, 0.05) is 18.8 Å². The van der Waals surface area contributed by atoms with Crippen molar-refractivity contribution in [3.05, 3.63) is 0 Å². The van der Waals surface area contributed by atoms with E-state index in [0.717, 1.165) is 50.4 Å². The fraction of sp³-hybridized carbons (Fsp3) is 0.905. The average Bonchev–Trinajstić information content (AvgIpc) is 2.92. The minimum Gasteiger partial charge on any atom is -0.389 e. The van der Waals surface area contributed by atoms with E-state index >= 15 is 0 Å². The summed E-state index contributed by atoms with van der Waals surface area (Å²) in [6.07, 6.45) is 9.61. The number of aliphatic hydroxyl groups excluding tert-OH is 1. The Bertz CT molecular complexity index is 555. The van der Waals surface area contributed by atoms with Gasteiger partial charge < -0.3 is 5.11 Å². The van der Waals surface area contributed by atoms with Crippen LogP contribution < -0.4 is 0 Å². The Kier molecular flexibility index (Phi) is 3.95. The smallest absolute Gasteiger partial charge is 0.161 e. The van der Waals surface area contributed by atoms with Crippen molar-refractivity contribution < 1.29 is 14.7 Å². The van der Waals surface area contributed by atoms with Crippen LogP contribution in [0.15, 0.2) is 0 Å². The van der Waals surface area contributed by atoms with E-state index in [4.69, 9.17) is 0 Å². The summed E-state index contributed by atoms with van der Waals surface area (Å²) in [5.41, 5.74) is 0.450. The first kappa shape index (κ1) is 16.8. The molecule has 4 rings (SSSR count). The first-order valence-electron chi connectivity index (χ1n) is 10.1. The molecule has 4 aliphatic carbocycles. The van der Waals surface area contributed by atoms with E-state index in [9.17, 15) is 14.7 Å². The fourth-order valence-corrected chi connectivity index (χ4v) is 7.68. The van der Waals surface area contributed by atoms with Crippen molar-refractivity contribution in [3.63, 3.8) is 0 Å². The van der Waals surface area contributed by atoms with Gasteiger partial charge in [-0.05, 0) is 79.4 Å². The number of fused-ring (bicyclic) bond motifs is 5. The summed E-state index contributed by atoms with van der Waals surface area (Å²) in [5.74, 6) is 3.34. The third-order valence-corrected chi connectivity index (χ3v) is 9.03. The Morgan fingerprint density at radius 1 is 1.04 bits per heavy atom. The van der Waals surface area contributed by atoms with Gasteiger partial charge in [-0.1, -0.05) is 13.8 Å². The number of hydrogen-bond donors (Lipinski definition) is 1. The lowest BCUT2D eigenvalue weighted by atomic mass is 9.44. The number of ketones is 2. The Morgan fingerprint density at radius 2 is 1.79 bits per heavy atom. The summed E-state index contributed by atoms with van der Waals surface area (Å²) in [4.78, 5) is 24.2.